The van der Waals surface area contributed by atoms with Crippen LogP contribution in [0.3, 0.4) is 0 Å². The van der Waals surface area contributed by atoms with Gasteiger partial charge in [0.2, 0.25) is 0 Å². The third-order valence-corrected chi connectivity index (χ3v) is 3.00. The highest BCUT2D eigenvalue weighted by molar-refractivity contribution is 8.22. The van der Waals surface area contributed by atoms with Crippen LogP contribution >= 0.6 is 24.0 Å². The van der Waals surface area contributed by atoms with E-state index in [9.17, 15) is 4.79 Å². The van der Waals surface area contributed by atoms with Gasteiger partial charge in [0.15, 0.2) is 0 Å². The molecule has 1 unspecified atom stereocenters. The first-order valence-electron chi connectivity index (χ1n) is 4.60. The Labute approximate surface area is 95.0 Å². The first-order valence-corrected chi connectivity index (χ1v) is 5.99. The van der Waals surface area contributed by atoms with E-state index >= 15 is 0 Å². The normalized spacial score (nSPS) is 11.9. The third kappa shape index (κ3) is 7.15. The number of carbonyl (C=O) groups is 1. The third-order valence-electron chi connectivity index (χ3n) is 1.74. The molecule has 0 aromatic heterocycles. The Bertz CT molecular complexity index is 197. The summed E-state index contributed by atoms with van der Waals surface area (Å²) in [4.78, 5) is 10.8. The number of hydrogen-bond acceptors (Lipinski definition) is 4. The molecule has 5 heteroatoms. The quantitative estimate of drug-likeness (QED) is 0.582. The second-order valence-corrected chi connectivity index (χ2v) is 4.69. The average molecular weight is 235 g/mol. The molecule has 0 aromatic rings. The van der Waals surface area contributed by atoms with E-state index in [0.717, 1.165) is 10.7 Å². The summed E-state index contributed by atoms with van der Waals surface area (Å²) in [6.07, 6.45) is 1.45. The maximum atomic E-state index is 10.8. The molecule has 0 aliphatic heterocycles. The van der Waals surface area contributed by atoms with E-state index in [-0.39, 0.29) is 5.97 Å². The number of thioether (sulfide) groups is 1. The maximum Gasteiger partial charge on any atom is 0.306 e. The fraction of sp³-hybridized carbons (Fsp3) is 0.778. The molecule has 1 atom stereocenters. The highest BCUT2D eigenvalue weighted by Crippen LogP contribution is 2.06. The highest BCUT2D eigenvalue weighted by Gasteiger charge is 2.04. The van der Waals surface area contributed by atoms with E-state index in [1.807, 2.05) is 0 Å². The monoisotopic (exact) mass is 235 g/mol. The standard InChI is InChI=1S/C9H17NO2S2/c1-4-7(2)10-9(13)14-6-5-8(11)12-3/h7H,4-6H2,1-3H3,(H,10,13). The van der Waals surface area contributed by atoms with Crippen molar-refractivity contribution in [3.8, 4) is 0 Å². The number of nitrogens with one attached hydrogen (secondary N) is 1. The summed E-state index contributed by atoms with van der Waals surface area (Å²) in [5.41, 5.74) is 0. The highest BCUT2D eigenvalue weighted by atomic mass is 32.2. The van der Waals surface area contributed by atoms with E-state index in [1.165, 1.54) is 18.9 Å². The summed E-state index contributed by atoms with van der Waals surface area (Å²) in [6, 6.07) is 0.396. The first kappa shape index (κ1) is 13.7. The number of rotatable bonds is 5. The number of hydrogen-bond donors (Lipinski definition) is 1. The summed E-state index contributed by atoms with van der Waals surface area (Å²) in [7, 11) is 1.39. The van der Waals surface area contributed by atoms with Gasteiger partial charge in [0, 0.05) is 11.8 Å². The van der Waals surface area contributed by atoms with Crippen molar-refractivity contribution in [2.24, 2.45) is 0 Å². The molecule has 0 aromatic carbocycles. The molecule has 0 saturated heterocycles. The topological polar surface area (TPSA) is 38.3 Å². The predicted octanol–water partition coefficient (Wildman–Crippen LogP) is 1.96. The van der Waals surface area contributed by atoms with Crippen LogP contribution in [0.2, 0.25) is 0 Å². The van der Waals surface area contributed by atoms with Gasteiger partial charge in [0.25, 0.3) is 0 Å². The largest absolute Gasteiger partial charge is 0.469 e. The van der Waals surface area contributed by atoms with Crippen molar-refractivity contribution in [2.75, 3.05) is 12.9 Å². The Kier molecular flexibility index (Phi) is 7.89. The molecule has 1 N–H and O–H groups in total. The van der Waals surface area contributed by atoms with Crippen LogP contribution in [0, 0.1) is 0 Å². The van der Waals surface area contributed by atoms with Crippen molar-refractivity contribution >= 4 is 34.3 Å². The molecule has 0 amide bonds. The zero-order valence-electron chi connectivity index (χ0n) is 8.83. The van der Waals surface area contributed by atoms with Crippen molar-refractivity contribution < 1.29 is 9.53 Å². The van der Waals surface area contributed by atoms with Crippen LogP contribution in [0.15, 0.2) is 0 Å². The van der Waals surface area contributed by atoms with Crippen LogP contribution in [-0.4, -0.2) is 29.2 Å². The number of esters is 1. The zero-order valence-corrected chi connectivity index (χ0v) is 10.5. The summed E-state index contributed by atoms with van der Waals surface area (Å²) in [5.74, 6) is 0.485. The fourth-order valence-electron chi connectivity index (χ4n) is 0.674. The van der Waals surface area contributed by atoms with E-state index < -0.39 is 0 Å². The van der Waals surface area contributed by atoms with E-state index in [2.05, 4.69) is 23.9 Å². The van der Waals surface area contributed by atoms with Crippen LogP contribution < -0.4 is 5.32 Å². The minimum Gasteiger partial charge on any atom is -0.469 e. The van der Waals surface area contributed by atoms with Gasteiger partial charge in [-0.25, -0.2) is 0 Å². The smallest absolute Gasteiger partial charge is 0.306 e. The van der Waals surface area contributed by atoms with Gasteiger partial charge in [0.05, 0.1) is 13.5 Å². The lowest BCUT2D eigenvalue weighted by Crippen LogP contribution is -2.28. The molecular weight excluding hydrogens is 218 g/mol. The molecular formula is C9H17NO2S2. The van der Waals surface area contributed by atoms with Crippen molar-refractivity contribution in [1.82, 2.24) is 5.32 Å². The molecule has 0 fully saturated rings. The van der Waals surface area contributed by atoms with Crippen molar-refractivity contribution in [3.63, 3.8) is 0 Å². The lowest BCUT2D eigenvalue weighted by molar-refractivity contribution is -0.140. The average Bonchev–Trinajstić information content (AvgIpc) is 2.17. The number of methoxy groups -OCH3 is 1. The Morgan fingerprint density at radius 1 is 1.64 bits per heavy atom. The van der Waals surface area contributed by atoms with Crippen LogP contribution in [0.5, 0.6) is 0 Å². The SMILES string of the molecule is CCC(C)NC(=S)SCCC(=O)OC. The molecule has 0 radical (unpaired) electrons. The zero-order chi connectivity index (χ0) is 11.0. The van der Waals surface area contributed by atoms with Crippen LogP contribution in [0.1, 0.15) is 26.7 Å². The van der Waals surface area contributed by atoms with Crippen LogP contribution in [0.25, 0.3) is 0 Å². The van der Waals surface area contributed by atoms with E-state index in [1.54, 1.807) is 0 Å². The molecule has 0 spiro atoms. The van der Waals surface area contributed by atoms with Gasteiger partial charge in [-0.15, -0.1) is 0 Å². The van der Waals surface area contributed by atoms with Gasteiger partial charge >= 0.3 is 5.97 Å². The van der Waals surface area contributed by atoms with Gasteiger partial charge in [-0.1, -0.05) is 30.9 Å². The molecule has 0 aliphatic rings. The van der Waals surface area contributed by atoms with Crippen molar-refractivity contribution in [2.45, 2.75) is 32.7 Å². The Balaban J connectivity index is 3.49. The lowest BCUT2D eigenvalue weighted by Gasteiger charge is -2.12. The molecule has 0 saturated carbocycles. The van der Waals surface area contributed by atoms with Gasteiger partial charge < -0.3 is 10.1 Å². The lowest BCUT2D eigenvalue weighted by atomic mass is 10.3. The number of carbonyl (C=O) groups excluding carboxylic acids is 1. The summed E-state index contributed by atoms with van der Waals surface area (Å²) in [5, 5.41) is 3.16. The molecule has 0 rings (SSSR count). The molecule has 3 nitrogen and oxygen atoms in total. The molecule has 82 valence electrons. The van der Waals surface area contributed by atoms with Crippen molar-refractivity contribution in [3.05, 3.63) is 0 Å². The number of ether oxygens (including phenoxy) is 1. The van der Waals surface area contributed by atoms with Crippen LogP contribution in [0.4, 0.5) is 0 Å². The van der Waals surface area contributed by atoms with Gasteiger partial charge in [0.1, 0.15) is 4.32 Å². The second-order valence-electron chi connectivity index (χ2n) is 2.92. The molecule has 14 heavy (non-hydrogen) atoms. The second kappa shape index (κ2) is 8.05. The van der Waals surface area contributed by atoms with Gasteiger partial charge in [-0.2, -0.15) is 0 Å². The van der Waals surface area contributed by atoms with Gasteiger partial charge in [-0.3, -0.25) is 4.79 Å². The summed E-state index contributed by atoms with van der Waals surface area (Å²) < 4.78 is 5.27. The Morgan fingerprint density at radius 3 is 2.79 bits per heavy atom. The Hall–Kier alpha value is -0.290. The molecule has 0 bridgehead atoms. The Morgan fingerprint density at radius 2 is 2.29 bits per heavy atom. The van der Waals surface area contributed by atoms with Gasteiger partial charge in [-0.05, 0) is 13.3 Å². The minimum absolute atomic E-state index is 0.191. The summed E-state index contributed by atoms with van der Waals surface area (Å²) in [6.45, 7) is 4.17. The maximum absolute atomic E-state index is 10.8. The fourth-order valence-corrected chi connectivity index (χ4v) is 1.86. The molecule has 0 aliphatic carbocycles. The number of thiocarbonyl (C=S) groups is 1. The summed E-state index contributed by atoms with van der Waals surface area (Å²) >= 11 is 6.57. The van der Waals surface area contributed by atoms with E-state index in [0.29, 0.717) is 18.2 Å². The molecule has 0 heterocycles. The van der Waals surface area contributed by atoms with E-state index in [4.69, 9.17) is 12.2 Å². The minimum atomic E-state index is -0.191. The first-order chi connectivity index (χ1) is 6.60. The van der Waals surface area contributed by atoms with Crippen molar-refractivity contribution in [1.29, 1.82) is 0 Å². The predicted molar refractivity (Wildman–Crippen MR) is 64.6 cm³/mol. The van der Waals surface area contributed by atoms with Crippen LogP contribution in [-0.2, 0) is 9.53 Å².